The second-order valence-electron chi connectivity index (χ2n) is 11.4. The van der Waals surface area contributed by atoms with Crippen molar-refractivity contribution in [3.05, 3.63) is 60.9 Å². The zero-order chi connectivity index (χ0) is 29.5. The van der Waals surface area contributed by atoms with Crippen LogP contribution in [0.1, 0.15) is 91.9 Å². The van der Waals surface area contributed by atoms with E-state index in [1.807, 2.05) is 43.3 Å². The first-order valence-corrected chi connectivity index (χ1v) is 15.4. The number of aromatic nitrogens is 2. The smallest absolute Gasteiger partial charge is 0.314 e. The number of rotatable bonds is 18. The fourth-order valence-electron chi connectivity index (χ4n) is 4.63. The van der Waals surface area contributed by atoms with Crippen molar-refractivity contribution in [2.24, 2.45) is 11.8 Å². The van der Waals surface area contributed by atoms with Crippen LogP contribution in [0.2, 0.25) is 0 Å². The van der Waals surface area contributed by atoms with Crippen LogP contribution in [-0.2, 0) is 4.79 Å². The molecule has 2 atom stereocenters. The number of hydrogen-bond acceptors (Lipinski definition) is 5. The van der Waals surface area contributed by atoms with Gasteiger partial charge in [-0.2, -0.15) is 0 Å². The minimum atomic E-state index is -0.800. The van der Waals surface area contributed by atoms with Gasteiger partial charge in [0.2, 0.25) is 0 Å². The maximum atomic E-state index is 14.1. The van der Waals surface area contributed by atoms with Crippen molar-refractivity contribution in [3.8, 4) is 34.0 Å². The number of esters is 1. The zero-order valence-corrected chi connectivity index (χ0v) is 25.3. The molecule has 0 fully saturated rings. The Kier molecular flexibility index (Phi) is 13.8. The lowest BCUT2D eigenvalue weighted by atomic mass is 10.00. The van der Waals surface area contributed by atoms with Crippen LogP contribution in [0.15, 0.2) is 60.9 Å². The van der Waals surface area contributed by atoms with Crippen LogP contribution in [-0.4, -0.2) is 28.7 Å². The molecule has 6 heteroatoms. The van der Waals surface area contributed by atoms with E-state index in [0.717, 1.165) is 54.5 Å². The van der Waals surface area contributed by atoms with E-state index in [1.165, 1.54) is 19.3 Å². The number of hydrogen-bond donors (Lipinski definition) is 0. The normalized spacial score (nSPS) is 12.7. The first-order valence-electron chi connectivity index (χ1n) is 15.4. The zero-order valence-electron chi connectivity index (χ0n) is 25.3. The Morgan fingerprint density at radius 1 is 0.732 bits per heavy atom. The van der Waals surface area contributed by atoms with Gasteiger partial charge in [-0.05, 0) is 60.7 Å². The van der Waals surface area contributed by atoms with Gasteiger partial charge in [0, 0.05) is 29.9 Å². The van der Waals surface area contributed by atoms with Gasteiger partial charge in [-0.3, -0.25) is 4.79 Å². The molecule has 0 saturated heterocycles. The minimum absolute atomic E-state index is 0.123. The summed E-state index contributed by atoms with van der Waals surface area (Å²) in [6.07, 6.45) is 12.5. The Morgan fingerprint density at radius 3 is 2.02 bits per heavy atom. The number of carbonyl (C=O) groups excluding carboxylic acids is 1. The SMILES string of the molecule is CCCCCCCC(F)CCOc1ccc(-c2cnc(-c3ccc(OC(=O)C(C)CCCC(C)C)cc3)nc2)cc1. The monoisotopic (exact) mass is 562 g/mol. The van der Waals surface area contributed by atoms with E-state index in [2.05, 4.69) is 30.7 Å². The van der Waals surface area contributed by atoms with Crippen molar-refractivity contribution in [2.45, 2.75) is 98.1 Å². The lowest BCUT2D eigenvalue weighted by Crippen LogP contribution is -2.17. The first kappa shape index (κ1) is 32.2. The van der Waals surface area contributed by atoms with Crippen LogP contribution in [0.5, 0.6) is 11.5 Å². The molecule has 3 rings (SSSR count). The Morgan fingerprint density at radius 2 is 1.37 bits per heavy atom. The Balaban J connectivity index is 1.44. The second-order valence-corrected chi connectivity index (χ2v) is 11.4. The van der Waals surface area contributed by atoms with Crippen LogP contribution < -0.4 is 9.47 Å². The van der Waals surface area contributed by atoms with Crippen molar-refractivity contribution in [3.63, 3.8) is 0 Å². The number of carbonyl (C=O) groups is 1. The number of halogens is 1. The van der Waals surface area contributed by atoms with Crippen LogP contribution in [0.4, 0.5) is 4.39 Å². The molecule has 0 amide bonds. The van der Waals surface area contributed by atoms with Crippen molar-refractivity contribution in [2.75, 3.05) is 6.61 Å². The topological polar surface area (TPSA) is 61.3 Å². The number of alkyl halides is 1. The lowest BCUT2D eigenvalue weighted by Gasteiger charge is -2.12. The minimum Gasteiger partial charge on any atom is -0.493 e. The van der Waals surface area contributed by atoms with Crippen molar-refractivity contribution in [1.82, 2.24) is 9.97 Å². The summed E-state index contributed by atoms with van der Waals surface area (Å²) >= 11 is 0. The number of nitrogens with zero attached hydrogens (tertiary/aromatic N) is 2. The van der Waals surface area contributed by atoms with Crippen LogP contribution in [0.25, 0.3) is 22.5 Å². The van der Waals surface area contributed by atoms with Crippen molar-refractivity contribution in [1.29, 1.82) is 0 Å². The molecular weight excluding hydrogens is 515 g/mol. The van der Waals surface area contributed by atoms with Gasteiger partial charge in [-0.1, -0.05) is 84.8 Å². The fourth-order valence-corrected chi connectivity index (χ4v) is 4.63. The van der Waals surface area contributed by atoms with Crippen molar-refractivity contribution >= 4 is 5.97 Å². The summed E-state index contributed by atoms with van der Waals surface area (Å²) in [6.45, 7) is 8.87. The van der Waals surface area contributed by atoms with Gasteiger partial charge in [-0.25, -0.2) is 14.4 Å². The molecule has 0 N–H and O–H groups in total. The molecule has 0 bridgehead atoms. The van der Waals surface area contributed by atoms with Crippen molar-refractivity contribution < 1.29 is 18.7 Å². The van der Waals surface area contributed by atoms with Gasteiger partial charge >= 0.3 is 5.97 Å². The largest absolute Gasteiger partial charge is 0.493 e. The molecule has 2 unspecified atom stereocenters. The lowest BCUT2D eigenvalue weighted by molar-refractivity contribution is -0.138. The summed E-state index contributed by atoms with van der Waals surface area (Å²) in [5.41, 5.74) is 2.71. The molecule has 222 valence electrons. The molecule has 0 saturated carbocycles. The third-order valence-electron chi connectivity index (χ3n) is 7.31. The van der Waals surface area contributed by atoms with Gasteiger partial charge in [0.25, 0.3) is 0 Å². The van der Waals surface area contributed by atoms with Crippen LogP contribution >= 0.6 is 0 Å². The van der Waals surface area contributed by atoms with Crippen LogP contribution in [0.3, 0.4) is 0 Å². The molecule has 1 heterocycles. The number of benzene rings is 2. The fraction of sp³-hybridized carbons (Fsp3) is 0.514. The molecule has 0 aliphatic carbocycles. The molecule has 2 aromatic carbocycles. The summed E-state index contributed by atoms with van der Waals surface area (Å²) in [5, 5.41) is 0. The van der Waals surface area contributed by atoms with E-state index in [4.69, 9.17) is 9.47 Å². The van der Waals surface area contributed by atoms with E-state index < -0.39 is 6.17 Å². The Bertz CT molecular complexity index is 1150. The van der Waals surface area contributed by atoms with E-state index in [9.17, 15) is 9.18 Å². The molecule has 1 aromatic heterocycles. The highest BCUT2D eigenvalue weighted by Gasteiger charge is 2.15. The average Bonchev–Trinajstić information content (AvgIpc) is 2.97. The second kappa shape index (κ2) is 17.5. The molecule has 0 aliphatic rings. The maximum absolute atomic E-state index is 14.1. The third kappa shape index (κ3) is 11.6. The molecule has 0 spiro atoms. The summed E-state index contributed by atoms with van der Waals surface area (Å²) in [7, 11) is 0. The summed E-state index contributed by atoms with van der Waals surface area (Å²) in [4.78, 5) is 21.5. The number of unbranched alkanes of at least 4 members (excludes halogenated alkanes) is 4. The van der Waals surface area contributed by atoms with E-state index >= 15 is 0 Å². The summed E-state index contributed by atoms with van der Waals surface area (Å²) < 4.78 is 25.4. The Hall–Kier alpha value is -3.28. The van der Waals surface area contributed by atoms with Gasteiger partial charge in [0.15, 0.2) is 5.82 Å². The summed E-state index contributed by atoms with van der Waals surface area (Å²) in [5.74, 6) is 2.18. The molecule has 5 nitrogen and oxygen atoms in total. The van der Waals surface area contributed by atoms with Gasteiger partial charge in [0.05, 0.1) is 12.5 Å². The van der Waals surface area contributed by atoms with Gasteiger partial charge < -0.3 is 9.47 Å². The molecular formula is C35H47FN2O3. The van der Waals surface area contributed by atoms with Crippen LogP contribution in [0, 0.1) is 11.8 Å². The summed E-state index contributed by atoms with van der Waals surface area (Å²) in [6, 6.07) is 15.0. The Labute approximate surface area is 245 Å². The third-order valence-corrected chi connectivity index (χ3v) is 7.31. The molecule has 0 aliphatic heterocycles. The standard InChI is InChI=1S/C35H47FN2O3/c1-5-6-7-8-9-13-31(36)22-23-40-32-18-14-28(15-19-32)30-24-37-34(38-25-30)29-16-20-33(21-17-29)41-35(39)27(4)12-10-11-26(2)3/h14-21,24-27,31H,5-13,22-23H2,1-4H3. The molecule has 0 radical (unpaired) electrons. The van der Waals surface area contributed by atoms with E-state index in [0.29, 0.717) is 36.9 Å². The highest BCUT2D eigenvalue weighted by molar-refractivity contribution is 5.75. The molecule has 41 heavy (non-hydrogen) atoms. The average molecular weight is 563 g/mol. The van der Waals surface area contributed by atoms with E-state index in [1.54, 1.807) is 24.5 Å². The maximum Gasteiger partial charge on any atom is 0.314 e. The van der Waals surface area contributed by atoms with Gasteiger partial charge in [-0.15, -0.1) is 0 Å². The van der Waals surface area contributed by atoms with E-state index in [-0.39, 0.29) is 11.9 Å². The first-order chi connectivity index (χ1) is 19.9. The predicted molar refractivity (Wildman–Crippen MR) is 165 cm³/mol. The molecule has 3 aromatic rings. The predicted octanol–water partition coefficient (Wildman–Crippen LogP) is 9.65. The quantitative estimate of drug-likeness (QED) is 0.0877. The van der Waals surface area contributed by atoms with Gasteiger partial charge in [0.1, 0.15) is 17.7 Å². The highest BCUT2D eigenvalue weighted by atomic mass is 19.1. The highest BCUT2D eigenvalue weighted by Crippen LogP contribution is 2.25. The number of ether oxygens (including phenoxy) is 2.